The first-order chi connectivity index (χ1) is 9.31. The molecule has 0 radical (unpaired) electrons. The summed E-state index contributed by atoms with van der Waals surface area (Å²) >= 11 is 3.38. The van der Waals surface area contributed by atoms with Crippen LogP contribution in [0.25, 0.3) is 0 Å². The van der Waals surface area contributed by atoms with Gasteiger partial charge in [-0.1, -0.05) is 56.0 Å². The van der Waals surface area contributed by atoms with Crippen molar-refractivity contribution in [2.24, 2.45) is 0 Å². The van der Waals surface area contributed by atoms with Crippen molar-refractivity contribution in [3.8, 4) is 11.8 Å². The van der Waals surface area contributed by atoms with Gasteiger partial charge in [-0.2, -0.15) is 0 Å². The highest BCUT2D eigenvalue weighted by Gasteiger charge is 2.36. The van der Waals surface area contributed by atoms with E-state index in [0.29, 0.717) is 5.04 Å². The van der Waals surface area contributed by atoms with Gasteiger partial charge in [0.05, 0.1) is 0 Å². The van der Waals surface area contributed by atoms with Gasteiger partial charge in [0, 0.05) is 24.8 Å². The lowest BCUT2D eigenvalue weighted by Gasteiger charge is -2.36. The first kappa shape index (κ1) is 20.2. The number of rotatable bonds is 9. The van der Waals surface area contributed by atoms with Crippen LogP contribution in [0.3, 0.4) is 0 Å². The van der Waals surface area contributed by atoms with Crippen LogP contribution < -0.4 is 0 Å². The van der Waals surface area contributed by atoms with Crippen molar-refractivity contribution in [3.63, 3.8) is 0 Å². The lowest BCUT2D eigenvalue weighted by molar-refractivity contribution is 0.277. The van der Waals surface area contributed by atoms with Crippen molar-refractivity contribution in [2.45, 2.75) is 83.8 Å². The maximum Gasteiger partial charge on any atom is 0.191 e. The predicted molar refractivity (Wildman–Crippen MR) is 97.0 cm³/mol. The molecule has 0 aromatic heterocycles. The molecule has 0 aromatic rings. The molecule has 1 nitrogen and oxygen atoms in total. The Labute approximate surface area is 136 Å². The number of alkyl halides is 1. The molecular formula is C17H33BrOSi. The third kappa shape index (κ3) is 10.0. The highest BCUT2D eigenvalue weighted by molar-refractivity contribution is 9.09. The molecule has 20 heavy (non-hydrogen) atoms. The van der Waals surface area contributed by atoms with Crippen molar-refractivity contribution in [2.75, 3.05) is 11.9 Å². The van der Waals surface area contributed by atoms with Crippen LogP contribution in [0.1, 0.15) is 65.7 Å². The summed E-state index contributed by atoms with van der Waals surface area (Å²) in [7, 11) is -1.52. The highest BCUT2D eigenvalue weighted by atomic mass is 79.9. The Morgan fingerprint density at radius 2 is 1.45 bits per heavy atom. The van der Waals surface area contributed by atoms with Gasteiger partial charge in [-0.25, -0.2) is 0 Å². The molecule has 0 bridgehead atoms. The maximum absolute atomic E-state index is 6.18. The zero-order valence-electron chi connectivity index (χ0n) is 14.2. The van der Waals surface area contributed by atoms with Crippen molar-refractivity contribution >= 4 is 24.2 Å². The number of hydrogen-bond acceptors (Lipinski definition) is 1. The molecule has 0 saturated heterocycles. The van der Waals surface area contributed by atoms with Gasteiger partial charge in [0.15, 0.2) is 8.32 Å². The number of hydrogen-bond donors (Lipinski definition) is 0. The predicted octanol–water partition coefficient (Wildman–Crippen LogP) is 6.14. The normalized spacial score (nSPS) is 12.1. The molecule has 0 spiro atoms. The number of halogens is 1. The summed E-state index contributed by atoms with van der Waals surface area (Å²) in [6, 6.07) is 0. The zero-order valence-corrected chi connectivity index (χ0v) is 16.7. The van der Waals surface area contributed by atoms with Crippen LogP contribution in [0, 0.1) is 11.8 Å². The Bertz CT molecular complexity index is 296. The van der Waals surface area contributed by atoms with Crippen LogP contribution in [-0.2, 0) is 4.43 Å². The lowest BCUT2D eigenvalue weighted by atomic mass is 10.1. The number of unbranched alkanes of at least 4 members (excludes halogenated alkanes) is 5. The largest absolute Gasteiger partial charge is 0.417 e. The fourth-order valence-corrected chi connectivity index (χ4v) is 2.90. The van der Waals surface area contributed by atoms with Crippen LogP contribution in [0.4, 0.5) is 0 Å². The van der Waals surface area contributed by atoms with E-state index >= 15 is 0 Å². The van der Waals surface area contributed by atoms with Gasteiger partial charge in [0.1, 0.15) is 0 Å². The monoisotopic (exact) mass is 360 g/mol. The van der Waals surface area contributed by atoms with Crippen molar-refractivity contribution in [1.29, 1.82) is 0 Å². The standard InChI is InChI=1S/C17H33BrOSi/c1-17(2,3)20(4,5)19-16-14-12-10-8-6-7-9-11-13-15-18/h6-8,10,12-16H2,1-5H3. The average molecular weight is 361 g/mol. The Balaban J connectivity index is 3.44. The van der Waals surface area contributed by atoms with Crippen LogP contribution in [-0.4, -0.2) is 20.3 Å². The van der Waals surface area contributed by atoms with Crippen molar-refractivity contribution in [1.82, 2.24) is 0 Å². The van der Waals surface area contributed by atoms with Crippen LogP contribution >= 0.6 is 15.9 Å². The second-order valence-corrected chi connectivity index (χ2v) is 12.5. The minimum Gasteiger partial charge on any atom is -0.417 e. The van der Waals surface area contributed by atoms with Gasteiger partial charge in [-0.15, -0.1) is 11.8 Å². The maximum atomic E-state index is 6.18. The van der Waals surface area contributed by atoms with Crippen LogP contribution in [0.15, 0.2) is 0 Å². The molecule has 0 aromatic carbocycles. The fourth-order valence-electron chi connectivity index (χ4n) is 1.61. The summed E-state index contributed by atoms with van der Waals surface area (Å²) in [5, 5.41) is 1.33. The smallest absolute Gasteiger partial charge is 0.191 e. The molecule has 0 N–H and O–H groups in total. The van der Waals surface area contributed by atoms with Gasteiger partial charge in [0.25, 0.3) is 0 Å². The van der Waals surface area contributed by atoms with Crippen LogP contribution in [0.2, 0.25) is 18.1 Å². The Hall–Kier alpha value is 0.217. The third-order valence-electron chi connectivity index (χ3n) is 4.06. The summed E-state index contributed by atoms with van der Waals surface area (Å²) in [6.45, 7) is 12.5. The van der Waals surface area contributed by atoms with E-state index in [0.717, 1.165) is 24.8 Å². The first-order valence-electron chi connectivity index (χ1n) is 7.97. The van der Waals surface area contributed by atoms with Gasteiger partial charge < -0.3 is 4.43 Å². The SMILES string of the molecule is CC(C)(C)[Si](C)(C)OCCCCCCCC#CCCBr. The minimum absolute atomic E-state index is 0.334. The Morgan fingerprint density at radius 3 is 2.05 bits per heavy atom. The van der Waals surface area contributed by atoms with E-state index in [1.165, 1.54) is 32.1 Å². The Morgan fingerprint density at radius 1 is 0.900 bits per heavy atom. The molecule has 0 unspecified atom stereocenters. The molecule has 0 aliphatic carbocycles. The van der Waals surface area contributed by atoms with Crippen molar-refractivity contribution in [3.05, 3.63) is 0 Å². The molecule has 0 rings (SSSR count). The van der Waals surface area contributed by atoms with Gasteiger partial charge in [0.2, 0.25) is 0 Å². The molecule has 0 fully saturated rings. The highest BCUT2D eigenvalue weighted by Crippen LogP contribution is 2.36. The second kappa shape index (κ2) is 10.9. The van der Waals surface area contributed by atoms with E-state index in [-0.39, 0.29) is 0 Å². The molecule has 0 aliphatic heterocycles. The first-order valence-corrected chi connectivity index (χ1v) is 12.0. The topological polar surface area (TPSA) is 9.23 Å². The molecule has 0 aliphatic rings. The third-order valence-corrected chi connectivity index (χ3v) is 8.99. The van der Waals surface area contributed by atoms with E-state index < -0.39 is 8.32 Å². The van der Waals surface area contributed by atoms with Crippen LogP contribution in [0.5, 0.6) is 0 Å². The summed E-state index contributed by atoms with van der Waals surface area (Å²) in [4.78, 5) is 0. The Kier molecular flexibility index (Phi) is 11.0. The van der Waals surface area contributed by atoms with E-state index in [4.69, 9.17) is 4.43 Å². The second-order valence-electron chi connectivity index (χ2n) is 6.92. The van der Waals surface area contributed by atoms with Crippen molar-refractivity contribution < 1.29 is 4.43 Å². The summed E-state index contributed by atoms with van der Waals surface area (Å²) in [6.07, 6.45) is 8.42. The van der Waals surface area contributed by atoms with Gasteiger partial charge in [-0.3, -0.25) is 0 Å². The lowest BCUT2D eigenvalue weighted by Crippen LogP contribution is -2.40. The molecule has 0 amide bonds. The molecular weight excluding hydrogens is 328 g/mol. The molecule has 0 saturated carbocycles. The summed E-state index contributed by atoms with van der Waals surface area (Å²) in [5.74, 6) is 6.39. The molecule has 0 atom stereocenters. The molecule has 3 heteroatoms. The average Bonchev–Trinajstić information content (AvgIpc) is 2.34. The van der Waals surface area contributed by atoms with E-state index in [9.17, 15) is 0 Å². The zero-order chi connectivity index (χ0) is 15.5. The molecule has 118 valence electrons. The quantitative estimate of drug-likeness (QED) is 0.207. The fraction of sp³-hybridized carbons (Fsp3) is 0.882. The van der Waals surface area contributed by atoms with Gasteiger partial charge in [-0.05, 0) is 31.0 Å². The van der Waals surface area contributed by atoms with E-state index in [2.05, 4.69) is 61.6 Å². The summed E-state index contributed by atoms with van der Waals surface area (Å²) < 4.78 is 6.18. The summed E-state index contributed by atoms with van der Waals surface area (Å²) in [5.41, 5.74) is 0. The van der Waals surface area contributed by atoms with Gasteiger partial charge >= 0.3 is 0 Å². The minimum atomic E-state index is -1.52. The van der Waals surface area contributed by atoms with E-state index in [1.807, 2.05) is 0 Å². The van der Waals surface area contributed by atoms with E-state index in [1.54, 1.807) is 0 Å². The molecule has 0 heterocycles.